The van der Waals surface area contributed by atoms with Crippen molar-refractivity contribution in [2.24, 2.45) is 5.92 Å². The fourth-order valence-electron chi connectivity index (χ4n) is 4.08. The maximum atomic E-state index is 13.4. The molecule has 3 heterocycles. The van der Waals surface area contributed by atoms with Crippen LogP contribution in [-0.2, 0) is 4.74 Å². The summed E-state index contributed by atoms with van der Waals surface area (Å²) in [7, 11) is 0. The number of amides is 1. The third-order valence-corrected chi connectivity index (χ3v) is 6.58. The number of pyridine rings is 1. The summed E-state index contributed by atoms with van der Waals surface area (Å²) in [5.41, 5.74) is 0.422. The summed E-state index contributed by atoms with van der Waals surface area (Å²) in [5.74, 6) is 0.845. The summed E-state index contributed by atoms with van der Waals surface area (Å²) in [5, 5.41) is 0. The van der Waals surface area contributed by atoms with Crippen LogP contribution in [0.25, 0.3) is 0 Å². The summed E-state index contributed by atoms with van der Waals surface area (Å²) in [6, 6.07) is 7.61. The Hall–Kier alpha value is -2.03. The SMILES string of the molecule is O=C(c1cccnc1Oc1ccc(F)cc1Br)N1CCC(CCN2CCOCC2)CC1. The average Bonchev–Trinajstić information content (AvgIpc) is 2.80. The highest BCUT2D eigenvalue weighted by Crippen LogP contribution is 2.32. The molecular weight excluding hydrogens is 465 g/mol. The lowest BCUT2D eigenvalue weighted by molar-refractivity contribution is 0.0332. The minimum Gasteiger partial charge on any atom is -0.437 e. The molecule has 1 amide bonds. The molecule has 0 bridgehead atoms. The molecule has 1 aromatic heterocycles. The van der Waals surface area contributed by atoms with Crippen molar-refractivity contribution < 1.29 is 18.7 Å². The number of aromatic nitrogens is 1. The van der Waals surface area contributed by atoms with E-state index >= 15 is 0 Å². The number of ether oxygens (including phenoxy) is 2. The second kappa shape index (κ2) is 10.5. The Labute approximate surface area is 190 Å². The molecule has 2 fully saturated rings. The van der Waals surface area contributed by atoms with E-state index < -0.39 is 0 Å². The highest BCUT2D eigenvalue weighted by Gasteiger charge is 2.26. The maximum absolute atomic E-state index is 13.4. The van der Waals surface area contributed by atoms with Crippen LogP contribution in [0, 0.1) is 11.7 Å². The number of hydrogen-bond acceptors (Lipinski definition) is 5. The zero-order chi connectivity index (χ0) is 21.6. The number of carbonyl (C=O) groups excluding carboxylic acids is 1. The highest BCUT2D eigenvalue weighted by molar-refractivity contribution is 9.10. The summed E-state index contributed by atoms with van der Waals surface area (Å²) in [4.78, 5) is 21.8. The first-order valence-corrected chi connectivity index (χ1v) is 11.6. The molecule has 0 N–H and O–H groups in total. The minimum absolute atomic E-state index is 0.0760. The zero-order valence-electron chi connectivity index (χ0n) is 17.4. The van der Waals surface area contributed by atoms with Gasteiger partial charge in [-0.3, -0.25) is 9.69 Å². The van der Waals surface area contributed by atoms with Gasteiger partial charge >= 0.3 is 0 Å². The predicted octanol–water partition coefficient (Wildman–Crippen LogP) is 4.35. The van der Waals surface area contributed by atoms with Gasteiger partial charge in [0.05, 0.1) is 17.7 Å². The van der Waals surface area contributed by atoms with E-state index in [-0.39, 0.29) is 17.6 Å². The first-order valence-electron chi connectivity index (χ1n) is 10.8. The molecule has 0 radical (unpaired) electrons. The van der Waals surface area contributed by atoms with Crippen molar-refractivity contribution in [1.29, 1.82) is 0 Å². The molecule has 166 valence electrons. The van der Waals surface area contributed by atoms with Gasteiger partial charge in [0.2, 0.25) is 5.88 Å². The second-order valence-corrected chi connectivity index (χ2v) is 8.87. The molecule has 6 nitrogen and oxygen atoms in total. The van der Waals surface area contributed by atoms with Crippen LogP contribution in [0.4, 0.5) is 4.39 Å². The van der Waals surface area contributed by atoms with E-state index in [1.54, 1.807) is 18.3 Å². The molecule has 0 unspecified atom stereocenters. The summed E-state index contributed by atoms with van der Waals surface area (Å²) in [6.07, 6.45) is 4.77. The molecule has 0 aliphatic carbocycles. The summed E-state index contributed by atoms with van der Waals surface area (Å²) < 4.78 is 25.1. The summed E-state index contributed by atoms with van der Waals surface area (Å²) >= 11 is 3.29. The van der Waals surface area contributed by atoms with Gasteiger partial charge in [-0.05, 0) is 78.0 Å². The van der Waals surface area contributed by atoms with Crippen molar-refractivity contribution in [3.8, 4) is 11.6 Å². The van der Waals surface area contributed by atoms with Gasteiger partial charge in [-0.2, -0.15) is 0 Å². The quantitative estimate of drug-likeness (QED) is 0.601. The molecule has 0 atom stereocenters. The zero-order valence-corrected chi connectivity index (χ0v) is 19.0. The van der Waals surface area contributed by atoms with Gasteiger partial charge in [-0.1, -0.05) is 0 Å². The molecule has 0 spiro atoms. The van der Waals surface area contributed by atoms with Gasteiger partial charge in [0.1, 0.15) is 17.1 Å². The number of likely N-dealkylation sites (tertiary alicyclic amines) is 1. The normalized spacial score (nSPS) is 18.2. The number of halogens is 2. The fraction of sp³-hybridized carbons (Fsp3) is 0.478. The van der Waals surface area contributed by atoms with Crippen LogP contribution in [0.1, 0.15) is 29.6 Å². The van der Waals surface area contributed by atoms with Crippen molar-refractivity contribution in [3.63, 3.8) is 0 Å². The molecule has 2 aliphatic rings. The third kappa shape index (κ3) is 5.81. The number of rotatable bonds is 6. The fourth-order valence-corrected chi connectivity index (χ4v) is 4.51. The van der Waals surface area contributed by atoms with Crippen LogP contribution in [0.15, 0.2) is 41.0 Å². The molecule has 0 saturated carbocycles. The van der Waals surface area contributed by atoms with E-state index in [2.05, 4.69) is 25.8 Å². The Morgan fingerprint density at radius 3 is 2.71 bits per heavy atom. The van der Waals surface area contributed by atoms with E-state index in [0.717, 1.165) is 58.8 Å². The second-order valence-electron chi connectivity index (χ2n) is 8.01. The van der Waals surface area contributed by atoms with Gasteiger partial charge in [0, 0.05) is 32.4 Å². The van der Waals surface area contributed by atoms with Gasteiger partial charge in [0.15, 0.2) is 0 Å². The molecule has 1 aromatic carbocycles. The standard InChI is InChI=1S/C23H27BrFN3O3/c24-20-16-18(25)3-4-21(20)31-22-19(2-1-8-26-22)23(29)28-10-6-17(7-11-28)5-9-27-12-14-30-15-13-27/h1-4,8,16-17H,5-7,9-15H2. The van der Waals surface area contributed by atoms with Gasteiger partial charge in [-0.15, -0.1) is 0 Å². The first kappa shape index (κ1) is 22.2. The molecule has 31 heavy (non-hydrogen) atoms. The van der Waals surface area contributed by atoms with Crippen LogP contribution < -0.4 is 4.74 Å². The maximum Gasteiger partial charge on any atom is 0.259 e. The number of carbonyl (C=O) groups is 1. The van der Waals surface area contributed by atoms with E-state index in [4.69, 9.17) is 9.47 Å². The van der Waals surface area contributed by atoms with E-state index in [1.807, 2.05) is 4.90 Å². The van der Waals surface area contributed by atoms with Crippen molar-refractivity contribution >= 4 is 21.8 Å². The Balaban J connectivity index is 1.34. The number of hydrogen-bond donors (Lipinski definition) is 0. The number of nitrogens with zero attached hydrogens (tertiary/aromatic N) is 3. The van der Waals surface area contributed by atoms with Gasteiger partial charge in [0.25, 0.3) is 5.91 Å². The lowest BCUT2D eigenvalue weighted by atomic mass is 9.93. The van der Waals surface area contributed by atoms with Gasteiger partial charge in [-0.25, -0.2) is 9.37 Å². The topological polar surface area (TPSA) is 54.9 Å². The van der Waals surface area contributed by atoms with Crippen LogP contribution >= 0.6 is 15.9 Å². The predicted molar refractivity (Wildman–Crippen MR) is 119 cm³/mol. The van der Waals surface area contributed by atoms with Crippen molar-refractivity contribution in [2.75, 3.05) is 45.9 Å². The van der Waals surface area contributed by atoms with Gasteiger partial charge < -0.3 is 14.4 Å². The van der Waals surface area contributed by atoms with E-state index in [9.17, 15) is 9.18 Å². The lowest BCUT2D eigenvalue weighted by Gasteiger charge is -2.34. The Bertz CT molecular complexity index is 899. The smallest absolute Gasteiger partial charge is 0.259 e. The Morgan fingerprint density at radius 1 is 1.19 bits per heavy atom. The third-order valence-electron chi connectivity index (χ3n) is 5.96. The molecule has 2 aromatic rings. The van der Waals surface area contributed by atoms with E-state index in [1.165, 1.54) is 24.6 Å². The molecule has 4 rings (SSSR count). The van der Waals surface area contributed by atoms with Crippen LogP contribution in [0.3, 0.4) is 0 Å². The lowest BCUT2D eigenvalue weighted by Crippen LogP contribution is -2.41. The van der Waals surface area contributed by atoms with Crippen LogP contribution in [-0.4, -0.2) is 66.6 Å². The molecule has 2 aliphatic heterocycles. The molecular formula is C23H27BrFN3O3. The Morgan fingerprint density at radius 2 is 1.97 bits per heavy atom. The van der Waals surface area contributed by atoms with Crippen molar-refractivity contribution in [2.45, 2.75) is 19.3 Å². The Kier molecular flexibility index (Phi) is 7.53. The van der Waals surface area contributed by atoms with Crippen LogP contribution in [0.5, 0.6) is 11.6 Å². The largest absolute Gasteiger partial charge is 0.437 e. The first-order chi connectivity index (χ1) is 15.1. The highest BCUT2D eigenvalue weighted by atomic mass is 79.9. The van der Waals surface area contributed by atoms with Crippen LogP contribution in [0.2, 0.25) is 0 Å². The van der Waals surface area contributed by atoms with Crippen molar-refractivity contribution in [3.05, 3.63) is 52.4 Å². The molecule has 2 saturated heterocycles. The minimum atomic E-state index is -0.368. The average molecular weight is 492 g/mol. The number of piperidine rings is 1. The van der Waals surface area contributed by atoms with Crippen molar-refractivity contribution in [1.82, 2.24) is 14.8 Å². The molecule has 8 heteroatoms. The van der Waals surface area contributed by atoms with E-state index in [0.29, 0.717) is 21.7 Å². The monoisotopic (exact) mass is 491 g/mol. The summed E-state index contributed by atoms with van der Waals surface area (Å²) in [6.45, 7) is 6.28. The number of morpholine rings is 1. The number of benzene rings is 1.